The highest BCUT2D eigenvalue weighted by atomic mass is 35.5. The Hall–Kier alpha value is -3.92. The number of benzene rings is 2. The molecule has 0 bridgehead atoms. The van der Waals surface area contributed by atoms with Crippen molar-refractivity contribution in [2.75, 3.05) is 12.4 Å². The summed E-state index contributed by atoms with van der Waals surface area (Å²) in [4.78, 5) is 47.5. The number of halogens is 1. The van der Waals surface area contributed by atoms with Gasteiger partial charge in [0.25, 0.3) is 0 Å². The minimum atomic E-state index is -1.25. The zero-order valence-electron chi connectivity index (χ0n) is 18.0. The maximum atomic E-state index is 12.7. The number of aryl methyl sites for hydroxylation is 1. The normalized spacial score (nSPS) is 10.9. The van der Waals surface area contributed by atoms with Gasteiger partial charge in [0.1, 0.15) is 0 Å². The van der Waals surface area contributed by atoms with E-state index in [9.17, 15) is 24.3 Å². The van der Waals surface area contributed by atoms with E-state index in [0.717, 1.165) is 5.56 Å². The molecule has 2 aromatic rings. The molecule has 0 heterocycles. The fourth-order valence-electron chi connectivity index (χ4n) is 2.75. The van der Waals surface area contributed by atoms with Gasteiger partial charge < -0.3 is 20.9 Å². The van der Waals surface area contributed by atoms with Gasteiger partial charge in [-0.15, -0.1) is 0 Å². The predicted molar refractivity (Wildman–Crippen MR) is 122 cm³/mol. The van der Waals surface area contributed by atoms with E-state index >= 15 is 0 Å². The average Bonchev–Trinajstić information content (AvgIpc) is 2.77. The largest absolute Gasteiger partial charge is 0.504 e. The van der Waals surface area contributed by atoms with Crippen LogP contribution in [0.1, 0.15) is 35.2 Å². The van der Waals surface area contributed by atoms with Crippen molar-refractivity contribution < 1.29 is 29.0 Å². The fourth-order valence-corrected chi connectivity index (χ4v) is 2.97. The van der Waals surface area contributed by atoms with Crippen LogP contribution in [0, 0.1) is 6.92 Å². The number of amides is 3. The summed E-state index contributed by atoms with van der Waals surface area (Å²) in [5, 5.41) is 16.8. The molecule has 3 amide bonds. The van der Waals surface area contributed by atoms with E-state index in [2.05, 4.69) is 10.4 Å². The third-order valence-corrected chi connectivity index (χ3v) is 4.74. The molecule has 0 aliphatic carbocycles. The number of nitrogens with two attached hydrogens (primary N) is 1. The lowest BCUT2D eigenvalue weighted by Gasteiger charge is -2.10. The number of ketones is 1. The zero-order valence-corrected chi connectivity index (χ0v) is 18.7. The maximum Gasteiger partial charge on any atom is 0.329 e. The van der Waals surface area contributed by atoms with E-state index in [0.29, 0.717) is 10.7 Å². The second-order valence-electron chi connectivity index (χ2n) is 6.98. The highest BCUT2D eigenvalue weighted by Gasteiger charge is 2.16. The number of carbonyl (C=O) groups is 4. The van der Waals surface area contributed by atoms with Crippen molar-refractivity contribution in [3.63, 3.8) is 0 Å². The molecular weight excluding hydrogens is 452 g/mol. The van der Waals surface area contributed by atoms with Crippen LogP contribution in [0.25, 0.3) is 0 Å². The van der Waals surface area contributed by atoms with Crippen LogP contribution < -0.4 is 21.2 Å². The first kappa shape index (κ1) is 25.3. The Balaban J connectivity index is 2.12. The second kappa shape index (κ2) is 11.6. The van der Waals surface area contributed by atoms with Crippen LogP contribution in [0.2, 0.25) is 5.02 Å². The SMILES string of the molecule is COc1cc(C(=O)C/C(CCC(=O)Nc2ccc(Cl)cc2C)=N/NC(=O)C(N)=O)ccc1O. The molecule has 0 spiro atoms. The third-order valence-electron chi connectivity index (χ3n) is 4.51. The molecule has 174 valence electrons. The molecule has 0 saturated heterocycles. The van der Waals surface area contributed by atoms with Gasteiger partial charge in [0.15, 0.2) is 17.3 Å². The molecule has 0 radical (unpaired) electrons. The number of hydrogen-bond acceptors (Lipinski definition) is 7. The van der Waals surface area contributed by atoms with E-state index in [1.54, 1.807) is 25.1 Å². The Bertz CT molecular complexity index is 1120. The topological polar surface area (TPSA) is 160 Å². The van der Waals surface area contributed by atoms with E-state index in [1.807, 2.05) is 5.43 Å². The van der Waals surface area contributed by atoms with E-state index in [-0.39, 0.29) is 47.9 Å². The van der Waals surface area contributed by atoms with Crippen molar-refractivity contribution in [3.8, 4) is 11.5 Å². The molecule has 33 heavy (non-hydrogen) atoms. The van der Waals surface area contributed by atoms with Gasteiger partial charge in [0, 0.05) is 28.4 Å². The number of ether oxygens (including phenoxy) is 1. The lowest BCUT2D eigenvalue weighted by Crippen LogP contribution is -2.33. The van der Waals surface area contributed by atoms with Crippen molar-refractivity contribution in [1.29, 1.82) is 0 Å². The predicted octanol–water partition coefficient (Wildman–Crippen LogP) is 2.31. The van der Waals surface area contributed by atoms with Gasteiger partial charge >= 0.3 is 11.8 Å². The van der Waals surface area contributed by atoms with Gasteiger partial charge in [-0.25, -0.2) is 5.43 Å². The van der Waals surface area contributed by atoms with Crippen LogP contribution in [0.5, 0.6) is 11.5 Å². The Morgan fingerprint density at radius 1 is 1.12 bits per heavy atom. The molecule has 11 heteroatoms. The van der Waals surface area contributed by atoms with Crippen LogP contribution in [0.15, 0.2) is 41.5 Å². The number of Topliss-reactive ketones (excluding diaryl/α,β-unsaturated/α-hetero) is 1. The number of anilines is 1. The maximum absolute atomic E-state index is 12.7. The lowest BCUT2D eigenvalue weighted by molar-refractivity contribution is -0.137. The Kier molecular flexibility index (Phi) is 8.93. The van der Waals surface area contributed by atoms with Gasteiger partial charge in [-0.05, 0) is 55.3 Å². The highest BCUT2D eigenvalue weighted by Crippen LogP contribution is 2.27. The lowest BCUT2D eigenvalue weighted by atomic mass is 10.0. The van der Waals surface area contributed by atoms with Gasteiger partial charge in [0.05, 0.1) is 13.5 Å². The van der Waals surface area contributed by atoms with Crippen LogP contribution in [-0.4, -0.2) is 41.4 Å². The number of nitrogens with zero attached hydrogens (tertiary/aromatic N) is 1. The average molecular weight is 475 g/mol. The molecule has 10 nitrogen and oxygen atoms in total. The number of phenolic OH excluding ortho intramolecular Hbond substituents is 1. The number of nitrogens with one attached hydrogen (secondary N) is 2. The quantitative estimate of drug-likeness (QED) is 0.189. The zero-order chi connectivity index (χ0) is 24.5. The summed E-state index contributed by atoms with van der Waals surface area (Å²) >= 11 is 5.92. The standard InChI is InChI=1S/C22H23ClN4O6/c1-12-9-14(23)4-6-16(12)25-20(30)8-5-15(26-27-22(32)21(24)31)11-18(29)13-3-7-17(28)19(10-13)33-2/h3-4,6-7,9-10,28H,5,8,11H2,1-2H3,(H2,24,31)(H,25,30)(H,27,32)/b26-15+. The monoisotopic (exact) mass is 474 g/mol. The van der Waals surface area contributed by atoms with Crippen LogP contribution in [-0.2, 0) is 14.4 Å². The first-order chi connectivity index (χ1) is 15.6. The number of hydrazone groups is 1. The number of aromatic hydroxyl groups is 1. The smallest absolute Gasteiger partial charge is 0.329 e. The van der Waals surface area contributed by atoms with Crippen molar-refractivity contribution in [2.24, 2.45) is 10.8 Å². The second-order valence-corrected chi connectivity index (χ2v) is 7.41. The molecule has 5 N–H and O–H groups in total. The molecule has 0 aromatic heterocycles. The van der Waals surface area contributed by atoms with E-state index in [4.69, 9.17) is 22.1 Å². The molecule has 0 aliphatic rings. The first-order valence-corrected chi connectivity index (χ1v) is 10.1. The number of hydrogen-bond donors (Lipinski definition) is 4. The highest BCUT2D eigenvalue weighted by molar-refractivity contribution is 6.34. The van der Waals surface area contributed by atoms with Gasteiger partial charge in [-0.1, -0.05) is 11.6 Å². The Labute approximate surface area is 194 Å². The van der Waals surface area contributed by atoms with Crippen molar-refractivity contribution in [2.45, 2.75) is 26.2 Å². The third kappa shape index (κ3) is 7.62. The van der Waals surface area contributed by atoms with Crippen LogP contribution >= 0.6 is 11.6 Å². The van der Waals surface area contributed by atoms with E-state index < -0.39 is 17.6 Å². The summed E-state index contributed by atoms with van der Waals surface area (Å²) in [6, 6.07) is 9.07. The minimum Gasteiger partial charge on any atom is -0.504 e. The van der Waals surface area contributed by atoms with E-state index in [1.165, 1.54) is 25.3 Å². The minimum absolute atomic E-state index is 0.0124. The van der Waals surface area contributed by atoms with Gasteiger partial charge in [-0.2, -0.15) is 5.10 Å². The number of rotatable bonds is 9. The summed E-state index contributed by atoms with van der Waals surface area (Å²) in [5.74, 6) is -3.19. The molecule has 2 aromatic carbocycles. The summed E-state index contributed by atoms with van der Waals surface area (Å²) in [6.07, 6.45) is -0.307. The molecule has 0 fully saturated rings. The fraction of sp³-hybridized carbons (Fsp3) is 0.227. The first-order valence-electron chi connectivity index (χ1n) is 9.72. The van der Waals surface area contributed by atoms with Crippen LogP contribution in [0.4, 0.5) is 5.69 Å². The Morgan fingerprint density at radius 3 is 2.48 bits per heavy atom. The number of methoxy groups -OCH3 is 1. The van der Waals surface area contributed by atoms with Crippen molar-refractivity contribution in [1.82, 2.24) is 5.43 Å². The summed E-state index contributed by atoms with van der Waals surface area (Å²) < 4.78 is 5.00. The summed E-state index contributed by atoms with van der Waals surface area (Å²) in [5.41, 5.74) is 8.58. The van der Waals surface area contributed by atoms with Crippen LogP contribution in [0.3, 0.4) is 0 Å². The molecular formula is C22H23ClN4O6. The molecule has 0 atom stereocenters. The summed E-state index contributed by atoms with van der Waals surface area (Å²) in [6.45, 7) is 1.79. The van der Waals surface area contributed by atoms with Gasteiger partial charge in [0.2, 0.25) is 5.91 Å². The number of primary amides is 1. The Morgan fingerprint density at radius 2 is 1.85 bits per heavy atom. The molecule has 0 aliphatic heterocycles. The number of phenols is 1. The molecule has 2 rings (SSSR count). The van der Waals surface area contributed by atoms with Crippen molar-refractivity contribution >= 4 is 46.5 Å². The summed E-state index contributed by atoms with van der Waals surface area (Å²) in [7, 11) is 1.34. The molecule has 0 saturated carbocycles. The molecule has 0 unspecified atom stereocenters. The van der Waals surface area contributed by atoms with Crippen molar-refractivity contribution in [3.05, 3.63) is 52.5 Å². The number of carbonyl (C=O) groups excluding carboxylic acids is 4. The van der Waals surface area contributed by atoms with Gasteiger partial charge in [-0.3, -0.25) is 19.2 Å².